The second-order valence-corrected chi connectivity index (χ2v) is 5.11. The van der Waals surface area contributed by atoms with Gasteiger partial charge in [-0.25, -0.2) is 0 Å². The average Bonchev–Trinajstić information content (AvgIpc) is 1.25. The molecule has 0 aromatic rings. The zero-order valence-electron chi connectivity index (χ0n) is 6.63. The van der Waals surface area contributed by atoms with Crippen LogP contribution in [0, 0.1) is 0 Å². The molecule has 0 aliphatic carbocycles. The largest absolute Gasteiger partial charge is 1.00 e. The van der Waals surface area contributed by atoms with E-state index in [4.69, 9.17) is 15.7 Å². The monoisotopic (exact) mass is 292 g/mol. The molecule has 0 amide bonds. The third kappa shape index (κ3) is 142. The minimum absolute atomic E-state index is 0. The van der Waals surface area contributed by atoms with Gasteiger partial charge in [-0.05, 0) is 0 Å². The fraction of sp³-hybridized carbons (Fsp3) is 1.00. The Labute approximate surface area is 114 Å². The molecule has 0 fully saturated rings. The van der Waals surface area contributed by atoms with Gasteiger partial charge >= 0.3 is 116 Å². The van der Waals surface area contributed by atoms with E-state index in [9.17, 15) is 0 Å². The van der Waals surface area contributed by atoms with Gasteiger partial charge in [-0.1, -0.05) is 0 Å². The maximum absolute atomic E-state index is 9.14. The summed E-state index contributed by atoms with van der Waals surface area (Å²) in [5.74, 6) is 0. The van der Waals surface area contributed by atoms with Crippen LogP contribution in [-0.2, 0) is 7.48 Å². The van der Waals surface area contributed by atoms with Crippen molar-refractivity contribution in [3.8, 4) is 0 Å². The summed E-state index contributed by atoms with van der Waals surface area (Å²) in [6.45, 7) is 0. The van der Waals surface area contributed by atoms with Crippen LogP contribution in [0.5, 0.6) is 0 Å². The Morgan fingerprint density at radius 1 is 0.900 bits per heavy atom. The van der Waals surface area contributed by atoms with Crippen molar-refractivity contribution in [2.75, 3.05) is 0 Å². The first-order chi connectivity index (χ1) is 3.46. The van der Waals surface area contributed by atoms with Crippen molar-refractivity contribution < 1.29 is 74.8 Å². The molecule has 0 saturated carbocycles. The zero-order valence-corrected chi connectivity index (χ0v) is 14.8. The summed E-state index contributed by atoms with van der Waals surface area (Å²) in [5, 5.41) is 0. The van der Waals surface area contributed by atoms with Crippen molar-refractivity contribution in [1.82, 2.24) is 0 Å². The molecule has 0 rings (SSSR count). The molecule has 0 aliphatic rings. The van der Waals surface area contributed by atoms with Crippen molar-refractivity contribution >= 4 is 29.9 Å². The quantitative estimate of drug-likeness (QED) is 0.415. The summed E-state index contributed by atoms with van der Waals surface area (Å²) in [7, 11) is 0. The molecule has 0 aromatic heterocycles. The molecule has 0 heterocycles. The first-order valence-electron chi connectivity index (χ1n) is 1.82. The average molecular weight is 292 g/mol. The normalized spacial score (nSPS) is 12.4. The van der Waals surface area contributed by atoms with Gasteiger partial charge in [-0.2, -0.15) is 0 Å². The summed E-state index contributed by atoms with van der Waals surface area (Å²) in [4.78, 5) is 0. The van der Waals surface area contributed by atoms with E-state index in [0.29, 0.717) is 0 Å². The maximum atomic E-state index is 9.14. The van der Waals surface area contributed by atoms with Gasteiger partial charge in [0.25, 0.3) is 0 Å². The fourth-order valence-corrected chi connectivity index (χ4v) is 0. The summed E-state index contributed by atoms with van der Waals surface area (Å²) in [6.07, 6.45) is 0. The SMILES string of the molecule is C[AsH](=O)[O-].C[AsH](=O)[O-].[Na+].[Na+]. The van der Waals surface area contributed by atoms with Gasteiger partial charge in [0.1, 0.15) is 0 Å². The Balaban J connectivity index is -0.0000000300. The van der Waals surface area contributed by atoms with Crippen LogP contribution >= 0.6 is 0 Å². The van der Waals surface area contributed by atoms with Gasteiger partial charge in [-0.3, -0.25) is 0 Å². The third-order valence-corrected chi connectivity index (χ3v) is 0. The van der Waals surface area contributed by atoms with Crippen molar-refractivity contribution in [3.05, 3.63) is 0 Å². The predicted molar refractivity (Wildman–Crippen MR) is 27.4 cm³/mol. The molecule has 2 unspecified atom stereocenters. The summed E-state index contributed by atoms with van der Waals surface area (Å²) < 4.78 is 36.6. The minimum atomic E-state index is -2.83. The van der Waals surface area contributed by atoms with Crippen molar-refractivity contribution in [2.45, 2.75) is 11.4 Å². The molecule has 0 aromatic carbocycles. The van der Waals surface area contributed by atoms with Crippen LogP contribution in [0.4, 0.5) is 0 Å². The van der Waals surface area contributed by atoms with E-state index in [-0.39, 0.29) is 59.1 Å². The van der Waals surface area contributed by atoms with Gasteiger partial charge < -0.3 is 0 Å². The molecule has 0 spiro atoms. The van der Waals surface area contributed by atoms with E-state index >= 15 is 0 Å². The topological polar surface area (TPSA) is 80.3 Å². The number of hydrogen-bond donors (Lipinski definition) is 0. The standard InChI is InChI=1S/2CH5AsO2.2Na/c2*1-2(3)4;;/h2*2H,1H3,(H,3,4);;/q;;2*+1/p-2. The van der Waals surface area contributed by atoms with Gasteiger partial charge in [-0.15, -0.1) is 0 Å². The summed E-state index contributed by atoms with van der Waals surface area (Å²) in [5.41, 5.74) is 2.44. The van der Waals surface area contributed by atoms with E-state index < -0.39 is 29.9 Å². The number of rotatable bonds is 0. The molecule has 0 bridgehead atoms. The van der Waals surface area contributed by atoms with Crippen LogP contribution in [0.1, 0.15) is 0 Å². The summed E-state index contributed by atoms with van der Waals surface area (Å²) >= 11 is -5.67. The van der Waals surface area contributed by atoms with Crippen LogP contribution in [-0.4, -0.2) is 29.9 Å². The predicted octanol–water partition coefficient (Wildman–Crippen LogP) is -8.74. The second-order valence-electron chi connectivity index (χ2n) is 0.983. The van der Waals surface area contributed by atoms with E-state index in [0.717, 1.165) is 0 Å². The molecular weight excluding hydrogens is 284 g/mol. The first kappa shape index (κ1) is 22.9. The molecule has 8 heteroatoms. The maximum Gasteiger partial charge on any atom is 1.00 e. The first-order valence-corrected chi connectivity index (χ1v) is 9.44. The molecule has 0 saturated heterocycles. The summed E-state index contributed by atoms with van der Waals surface area (Å²) in [6, 6.07) is 0. The van der Waals surface area contributed by atoms with Crippen LogP contribution in [0.15, 0.2) is 0 Å². The molecule has 2 atom stereocenters. The smallest absolute Gasteiger partial charge is 1.00 e. The molecule has 0 radical (unpaired) electrons. The Kier molecular flexibility index (Phi) is 40.5. The van der Waals surface area contributed by atoms with Gasteiger partial charge in [0, 0.05) is 0 Å². The van der Waals surface area contributed by atoms with Crippen molar-refractivity contribution in [3.63, 3.8) is 0 Å². The van der Waals surface area contributed by atoms with E-state index in [1.54, 1.807) is 0 Å². The van der Waals surface area contributed by atoms with Crippen LogP contribution in [0.3, 0.4) is 0 Å². The van der Waals surface area contributed by atoms with Crippen LogP contribution in [0.2, 0.25) is 11.4 Å². The zero-order chi connectivity index (χ0) is 7.15. The van der Waals surface area contributed by atoms with Crippen molar-refractivity contribution in [2.24, 2.45) is 0 Å². The van der Waals surface area contributed by atoms with Crippen LogP contribution < -0.4 is 67.3 Å². The van der Waals surface area contributed by atoms with Gasteiger partial charge in [0.2, 0.25) is 0 Å². The Hall–Kier alpha value is 2.64. The van der Waals surface area contributed by atoms with Crippen LogP contribution in [0.25, 0.3) is 0 Å². The van der Waals surface area contributed by atoms with Crippen molar-refractivity contribution in [1.29, 1.82) is 0 Å². The molecule has 52 valence electrons. The molecule has 4 nitrogen and oxygen atoms in total. The third-order valence-electron chi connectivity index (χ3n) is 0. The molecular formula is C2H8As2Na2O4. The molecule has 10 heavy (non-hydrogen) atoms. The van der Waals surface area contributed by atoms with E-state index in [1.807, 2.05) is 0 Å². The fourth-order valence-electron chi connectivity index (χ4n) is 0. The van der Waals surface area contributed by atoms with E-state index in [2.05, 4.69) is 0 Å². The molecule has 0 aliphatic heterocycles. The van der Waals surface area contributed by atoms with Gasteiger partial charge in [0.05, 0.1) is 0 Å². The van der Waals surface area contributed by atoms with E-state index in [1.165, 1.54) is 11.4 Å². The van der Waals surface area contributed by atoms with Gasteiger partial charge in [0.15, 0.2) is 0 Å². The Morgan fingerprint density at radius 2 is 0.900 bits per heavy atom. The molecule has 0 N–H and O–H groups in total. The second kappa shape index (κ2) is 17.7. The Morgan fingerprint density at radius 3 is 0.900 bits per heavy atom. The minimum Gasteiger partial charge on any atom is 1.00 e. The number of hydrogen-bond acceptors (Lipinski definition) is 4. The Bertz CT molecular complexity index is 77.3.